The van der Waals surface area contributed by atoms with Crippen molar-refractivity contribution in [1.29, 1.82) is 0 Å². The lowest BCUT2D eigenvalue weighted by Crippen LogP contribution is -2.50. The lowest BCUT2D eigenvalue weighted by Gasteiger charge is -2.39. The largest absolute Gasteiger partial charge is 0.343 e. The van der Waals surface area contributed by atoms with Gasteiger partial charge in [-0.15, -0.1) is 0 Å². The van der Waals surface area contributed by atoms with E-state index in [1.54, 1.807) is 11.8 Å². The van der Waals surface area contributed by atoms with E-state index in [1.165, 1.54) is 12.1 Å². The Balaban J connectivity index is 1.29. The molecule has 0 radical (unpaired) electrons. The summed E-state index contributed by atoms with van der Waals surface area (Å²) in [5, 5.41) is 3.22. The van der Waals surface area contributed by atoms with Gasteiger partial charge in [-0.1, -0.05) is 6.92 Å². The van der Waals surface area contributed by atoms with Gasteiger partial charge in [0.2, 0.25) is 5.91 Å². The number of nitrogens with one attached hydrogen (secondary N) is 1. The van der Waals surface area contributed by atoms with Crippen molar-refractivity contribution in [3.8, 4) is 0 Å². The van der Waals surface area contributed by atoms with Gasteiger partial charge in [-0.05, 0) is 73.5 Å². The zero-order valence-corrected chi connectivity index (χ0v) is 18.7. The van der Waals surface area contributed by atoms with Crippen molar-refractivity contribution in [3.63, 3.8) is 0 Å². The lowest BCUT2D eigenvalue weighted by atomic mass is 9.66. The van der Waals surface area contributed by atoms with E-state index < -0.39 is 11.6 Å². The summed E-state index contributed by atoms with van der Waals surface area (Å²) in [5.41, 5.74) is 0.630. The van der Waals surface area contributed by atoms with Gasteiger partial charge in [0.05, 0.1) is 0 Å². The van der Waals surface area contributed by atoms with Crippen LogP contribution in [0.4, 0.5) is 13.6 Å². The molecular weight excluding hydrogens is 400 g/mol. The number of nitrogens with zero attached hydrogens (tertiary/aromatic N) is 2. The van der Waals surface area contributed by atoms with E-state index in [4.69, 9.17) is 0 Å². The summed E-state index contributed by atoms with van der Waals surface area (Å²) in [7, 11) is 1.84. The summed E-state index contributed by atoms with van der Waals surface area (Å²) >= 11 is 0. The molecule has 1 spiro atoms. The minimum Gasteiger partial charge on any atom is -0.343 e. The lowest BCUT2D eigenvalue weighted by molar-refractivity contribution is -0.130. The number of amides is 3. The van der Waals surface area contributed by atoms with E-state index in [0.717, 1.165) is 56.6 Å². The molecule has 4 rings (SSSR count). The van der Waals surface area contributed by atoms with E-state index in [9.17, 15) is 18.4 Å². The molecule has 2 aliphatic carbocycles. The first kappa shape index (κ1) is 22.0. The van der Waals surface area contributed by atoms with Crippen molar-refractivity contribution >= 4 is 11.9 Å². The second kappa shape index (κ2) is 8.06. The molecule has 170 valence electrons. The van der Waals surface area contributed by atoms with E-state index in [1.807, 2.05) is 11.9 Å². The Morgan fingerprint density at radius 3 is 2.19 bits per heavy atom. The quantitative estimate of drug-likeness (QED) is 0.777. The van der Waals surface area contributed by atoms with Crippen LogP contribution in [0.15, 0.2) is 18.2 Å². The van der Waals surface area contributed by atoms with Crippen molar-refractivity contribution in [3.05, 3.63) is 35.4 Å². The molecule has 1 aromatic rings. The number of hydrogen-bond donors (Lipinski definition) is 1. The highest BCUT2D eigenvalue weighted by atomic mass is 19.1. The fourth-order valence-corrected chi connectivity index (χ4v) is 5.58. The van der Waals surface area contributed by atoms with Crippen LogP contribution in [0.2, 0.25) is 0 Å². The van der Waals surface area contributed by atoms with Gasteiger partial charge in [0.25, 0.3) is 0 Å². The molecule has 3 fully saturated rings. The summed E-state index contributed by atoms with van der Waals surface area (Å²) in [6, 6.07) is 4.13. The minimum absolute atomic E-state index is 0.0383. The second-order valence-corrected chi connectivity index (χ2v) is 10.1. The first-order chi connectivity index (χ1) is 14.6. The van der Waals surface area contributed by atoms with Crippen molar-refractivity contribution in [1.82, 2.24) is 15.1 Å². The van der Waals surface area contributed by atoms with Crippen LogP contribution in [-0.4, -0.2) is 54.0 Å². The van der Waals surface area contributed by atoms with Gasteiger partial charge < -0.3 is 15.1 Å². The maximum absolute atomic E-state index is 13.7. The van der Waals surface area contributed by atoms with E-state index >= 15 is 0 Å². The predicted octanol–water partition coefficient (Wildman–Crippen LogP) is 4.21. The number of hydrogen-bond acceptors (Lipinski definition) is 2. The van der Waals surface area contributed by atoms with Crippen LogP contribution in [0.3, 0.4) is 0 Å². The Morgan fingerprint density at radius 1 is 1.06 bits per heavy atom. The minimum atomic E-state index is -0.523. The Morgan fingerprint density at radius 2 is 1.65 bits per heavy atom. The number of benzene rings is 1. The average molecular weight is 434 g/mol. The Kier molecular flexibility index (Phi) is 5.73. The molecule has 1 atom stereocenters. The van der Waals surface area contributed by atoms with Crippen LogP contribution in [-0.2, 0) is 10.2 Å². The number of carbonyl (C=O) groups is 2. The monoisotopic (exact) mass is 433 g/mol. The SMILES string of the molecule is CC(=O)N1CCC(N(C)C(=O)N[C@H]2CC23CCC(C)(c2cc(F)cc(F)c2)CC3)CC1. The van der Waals surface area contributed by atoms with Crippen LogP contribution < -0.4 is 5.32 Å². The summed E-state index contributed by atoms with van der Waals surface area (Å²) in [4.78, 5) is 27.9. The molecule has 0 bridgehead atoms. The molecule has 1 heterocycles. The number of likely N-dealkylation sites (tertiary alicyclic amines) is 1. The second-order valence-electron chi connectivity index (χ2n) is 10.1. The van der Waals surface area contributed by atoms with Gasteiger partial charge in [0.1, 0.15) is 11.6 Å². The first-order valence-electron chi connectivity index (χ1n) is 11.4. The molecular formula is C24H33F2N3O2. The van der Waals surface area contributed by atoms with Gasteiger partial charge in [0.15, 0.2) is 0 Å². The molecule has 1 aliphatic heterocycles. The fourth-order valence-electron chi connectivity index (χ4n) is 5.58. The van der Waals surface area contributed by atoms with Crippen LogP contribution >= 0.6 is 0 Å². The molecule has 1 saturated heterocycles. The fraction of sp³-hybridized carbons (Fsp3) is 0.667. The molecule has 0 unspecified atom stereocenters. The van der Waals surface area contributed by atoms with Crippen molar-refractivity contribution < 1.29 is 18.4 Å². The molecule has 31 heavy (non-hydrogen) atoms. The van der Waals surface area contributed by atoms with E-state index in [0.29, 0.717) is 13.1 Å². The molecule has 0 aromatic heterocycles. The average Bonchev–Trinajstić information content (AvgIpc) is 3.40. The van der Waals surface area contributed by atoms with Crippen LogP contribution in [0, 0.1) is 17.0 Å². The van der Waals surface area contributed by atoms with Crippen molar-refractivity contribution in [2.45, 2.75) is 76.3 Å². The normalized spacial score (nSPS) is 30.9. The first-order valence-corrected chi connectivity index (χ1v) is 11.4. The summed E-state index contributed by atoms with van der Waals surface area (Å²) in [6.45, 7) is 5.07. The standard InChI is InChI=1S/C24H33F2N3O2/c1-16(30)29-10-4-20(5-11-29)28(3)22(31)27-21-15-24(21)8-6-23(2,7-9-24)17-12-18(25)14-19(26)13-17/h12-14,20-21H,4-11,15H2,1-3H3,(H,27,31)/t21-,23?,24?/m0/s1. The van der Waals surface area contributed by atoms with E-state index in [-0.39, 0.29) is 34.9 Å². The van der Waals surface area contributed by atoms with E-state index in [2.05, 4.69) is 12.2 Å². The molecule has 7 heteroatoms. The Labute approximate surface area is 183 Å². The Hall–Kier alpha value is -2.18. The smallest absolute Gasteiger partial charge is 0.317 e. The van der Waals surface area contributed by atoms with Crippen molar-refractivity contribution in [2.24, 2.45) is 5.41 Å². The number of halogens is 2. The summed E-state index contributed by atoms with van der Waals surface area (Å²) in [5.74, 6) is -0.953. The third-order valence-electron chi connectivity index (χ3n) is 8.17. The predicted molar refractivity (Wildman–Crippen MR) is 115 cm³/mol. The maximum Gasteiger partial charge on any atom is 0.317 e. The zero-order valence-electron chi connectivity index (χ0n) is 18.7. The maximum atomic E-state index is 13.7. The van der Waals surface area contributed by atoms with Gasteiger partial charge in [-0.2, -0.15) is 0 Å². The number of piperidine rings is 1. The summed E-state index contributed by atoms with van der Waals surface area (Å²) < 4.78 is 27.4. The molecule has 3 amide bonds. The van der Waals surface area contributed by atoms with Gasteiger partial charge >= 0.3 is 6.03 Å². The third-order valence-corrected chi connectivity index (χ3v) is 8.17. The molecule has 3 aliphatic rings. The molecule has 5 nitrogen and oxygen atoms in total. The van der Waals surface area contributed by atoms with Crippen LogP contribution in [0.25, 0.3) is 0 Å². The van der Waals surface area contributed by atoms with Crippen molar-refractivity contribution in [2.75, 3.05) is 20.1 Å². The molecule has 1 N–H and O–H groups in total. The van der Waals surface area contributed by atoms with Gasteiger partial charge in [-0.25, -0.2) is 13.6 Å². The van der Waals surface area contributed by atoms with Crippen LogP contribution in [0.5, 0.6) is 0 Å². The number of rotatable bonds is 3. The van der Waals surface area contributed by atoms with Crippen LogP contribution in [0.1, 0.15) is 64.4 Å². The zero-order chi connectivity index (χ0) is 22.4. The third kappa shape index (κ3) is 4.41. The highest BCUT2D eigenvalue weighted by Gasteiger charge is 2.57. The highest BCUT2D eigenvalue weighted by Crippen LogP contribution is 2.60. The molecule has 1 aromatic carbocycles. The molecule has 2 saturated carbocycles. The van der Waals surface area contributed by atoms with Gasteiger partial charge in [-0.3, -0.25) is 4.79 Å². The highest BCUT2D eigenvalue weighted by molar-refractivity contribution is 5.75. The van der Waals surface area contributed by atoms with Gasteiger partial charge in [0, 0.05) is 45.2 Å². The Bertz CT molecular complexity index is 838. The summed E-state index contributed by atoms with van der Waals surface area (Å²) in [6.07, 6.45) is 6.22. The topological polar surface area (TPSA) is 52.7 Å². The number of urea groups is 1. The number of carbonyl (C=O) groups excluding carboxylic acids is 2.